The summed E-state index contributed by atoms with van der Waals surface area (Å²) >= 11 is 0. The van der Waals surface area contributed by atoms with Gasteiger partial charge in [0.25, 0.3) is 5.89 Å². The Labute approximate surface area is 191 Å². The molecular formula is C24H23N5O4. The Morgan fingerprint density at radius 1 is 1.24 bits per heavy atom. The Kier molecular flexibility index (Phi) is 6.91. The second-order valence-electron chi connectivity index (χ2n) is 7.65. The topological polar surface area (TPSA) is 128 Å². The summed E-state index contributed by atoms with van der Waals surface area (Å²) in [6, 6.07) is 14.9. The lowest BCUT2D eigenvalue weighted by Crippen LogP contribution is -2.38. The number of rotatable bonds is 8. The molecule has 3 heterocycles. The number of aromatic nitrogens is 1. The van der Waals surface area contributed by atoms with Gasteiger partial charge in [-0.2, -0.15) is 15.5 Å². The van der Waals surface area contributed by atoms with E-state index in [0.717, 1.165) is 0 Å². The number of nitrogens with one attached hydrogen (secondary N) is 1. The van der Waals surface area contributed by atoms with Crippen LogP contribution in [0.15, 0.2) is 51.5 Å². The maximum Gasteiger partial charge on any atom is 0.266 e. The molecule has 0 aliphatic carbocycles. The van der Waals surface area contributed by atoms with Crippen molar-refractivity contribution in [3.63, 3.8) is 0 Å². The molecule has 9 nitrogen and oxygen atoms in total. The number of oxazole rings is 1. The maximum atomic E-state index is 12.8. The van der Waals surface area contributed by atoms with Gasteiger partial charge in [-0.3, -0.25) is 4.79 Å². The van der Waals surface area contributed by atoms with Crippen molar-refractivity contribution in [1.82, 2.24) is 4.98 Å². The molecule has 4 rings (SSSR count). The van der Waals surface area contributed by atoms with Crippen LogP contribution in [0.25, 0.3) is 11.7 Å². The van der Waals surface area contributed by atoms with E-state index in [4.69, 9.17) is 18.8 Å². The molecule has 168 valence electrons. The SMILES string of the molecule is N#CCCCOc1cccc(NC(=O)C2CCN(c3oc(-c4ccco4)nc3C#N)CC2)c1. The fourth-order valence-corrected chi connectivity index (χ4v) is 3.70. The van der Waals surface area contributed by atoms with Gasteiger partial charge < -0.3 is 23.8 Å². The van der Waals surface area contributed by atoms with Gasteiger partial charge in [0.1, 0.15) is 11.8 Å². The van der Waals surface area contributed by atoms with Crippen LogP contribution in [0.5, 0.6) is 5.75 Å². The summed E-state index contributed by atoms with van der Waals surface area (Å²) in [6.07, 6.45) is 3.87. The minimum absolute atomic E-state index is 0.0503. The molecule has 2 aromatic heterocycles. The smallest absolute Gasteiger partial charge is 0.266 e. The van der Waals surface area contributed by atoms with Crippen molar-refractivity contribution >= 4 is 17.5 Å². The molecule has 3 aromatic rings. The van der Waals surface area contributed by atoms with Gasteiger partial charge >= 0.3 is 0 Å². The van der Waals surface area contributed by atoms with Crippen LogP contribution in [0, 0.1) is 28.6 Å². The Morgan fingerprint density at radius 2 is 2.09 bits per heavy atom. The Balaban J connectivity index is 1.33. The van der Waals surface area contributed by atoms with E-state index in [9.17, 15) is 10.1 Å². The lowest BCUT2D eigenvalue weighted by atomic mass is 9.96. The Hall–Kier alpha value is -4.24. The number of carbonyl (C=O) groups excluding carboxylic acids is 1. The number of carbonyl (C=O) groups is 1. The summed E-state index contributed by atoms with van der Waals surface area (Å²) in [7, 11) is 0. The first-order valence-corrected chi connectivity index (χ1v) is 10.8. The molecule has 33 heavy (non-hydrogen) atoms. The van der Waals surface area contributed by atoms with Gasteiger partial charge in [0, 0.05) is 37.2 Å². The summed E-state index contributed by atoms with van der Waals surface area (Å²) in [5, 5.41) is 21.0. The van der Waals surface area contributed by atoms with E-state index < -0.39 is 0 Å². The summed E-state index contributed by atoms with van der Waals surface area (Å²) in [5.74, 6) is 1.58. The van der Waals surface area contributed by atoms with Gasteiger partial charge in [0.05, 0.1) is 18.9 Å². The standard InChI is InChI=1S/C24H23N5O4/c25-10-1-2-13-31-19-6-3-5-18(15-19)27-22(30)17-8-11-29(12-9-17)24-20(16-26)28-23(33-24)21-7-4-14-32-21/h3-7,14-15,17H,1-2,8-9,11-13H2,(H,27,30). The van der Waals surface area contributed by atoms with Crippen LogP contribution in [-0.4, -0.2) is 30.6 Å². The van der Waals surface area contributed by atoms with Crippen molar-refractivity contribution in [3.8, 4) is 29.5 Å². The highest BCUT2D eigenvalue weighted by atomic mass is 16.5. The van der Waals surface area contributed by atoms with E-state index in [1.54, 1.807) is 18.2 Å². The van der Waals surface area contributed by atoms with Crippen molar-refractivity contribution in [1.29, 1.82) is 10.5 Å². The fraction of sp³-hybridized carbons (Fsp3) is 0.333. The highest BCUT2D eigenvalue weighted by Crippen LogP contribution is 2.31. The summed E-state index contributed by atoms with van der Waals surface area (Å²) in [4.78, 5) is 19.0. The number of hydrogen-bond acceptors (Lipinski definition) is 8. The van der Waals surface area contributed by atoms with Crippen LogP contribution >= 0.6 is 0 Å². The lowest BCUT2D eigenvalue weighted by Gasteiger charge is -2.31. The molecule has 1 aliphatic rings. The van der Waals surface area contributed by atoms with Gasteiger partial charge in [-0.1, -0.05) is 6.07 Å². The summed E-state index contributed by atoms with van der Waals surface area (Å²) in [5.41, 5.74) is 0.876. The Morgan fingerprint density at radius 3 is 2.82 bits per heavy atom. The third-order valence-corrected chi connectivity index (χ3v) is 5.40. The van der Waals surface area contributed by atoms with Gasteiger partial charge in [-0.05, 0) is 43.5 Å². The molecule has 1 saturated heterocycles. The third kappa shape index (κ3) is 5.34. The van der Waals surface area contributed by atoms with Crippen molar-refractivity contribution in [2.45, 2.75) is 25.7 Å². The zero-order valence-corrected chi connectivity index (χ0v) is 18.0. The molecule has 9 heteroatoms. The molecule has 0 bridgehead atoms. The first-order chi connectivity index (χ1) is 16.2. The molecule has 1 aliphatic heterocycles. The number of nitriles is 2. The van der Waals surface area contributed by atoms with E-state index in [1.807, 2.05) is 23.1 Å². The molecular weight excluding hydrogens is 422 g/mol. The van der Waals surface area contributed by atoms with Crippen molar-refractivity contribution in [2.75, 3.05) is 29.9 Å². The number of furan rings is 1. The van der Waals surface area contributed by atoms with Crippen LogP contribution in [0.4, 0.5) is 11.6 Å². The number of benzene rings is 1. The zero-order valence-electron chi connectivity index (χ0n) is 18.0. The van der Waals surface area contributed by atoms with E-state index >= 15 is 0 Å². The van der Waals surface area contributed by atoms with E-state index in [2.05, 4.69) is 22.4 Å². The largest absolute Gasteiger partial charge is 0.493 e. The van der Waals surface area contributed by atoms with Crippen molar-refractivity contribution in [3.05, 3.63) is 48.4 Å². The molecule has 0 unspecified atom stereocenters. The van der Waals surface area contributed by atoms with Crippen molar-refractivity contribution in [2.24, 2.45) is 5.92 Å². The van der Waals surface area contributed by atoms with E-state index in [0.29, 0.717) is 68.5 Å². The van der Waals surface area contributed by atoms with Gasteiger partial charge in [0.15, 0.2) is 5.76 Å². The van der Waals surface area contributed by atoms with Crippen LogP contribution in [0.3, 0.4) is 0 Å². The highest BCUT2D eigenvalue weighted by Gasteiger charge is 2.29. The Bertz CT molecular complexity index is 1160. The second kappa shape index (κ2) is 10.4. The van der Waals surface area contributed by atoms with Crippen LogP contribution in [0.2, 0.25) is 0 Å². The number of ether oxygens (including phenoxy) is 1. The molecule has 0 atom stereocenters. The molecule has 1 amide bonds. The molecule has 0 saturated carbocycles. The molecule has 0 radical (unpaired) electrons. The monoisotopic (exact) mass is 445 g/mol. The average Bonchev–Trinajstić information content (AvgIpc) is 3.52. The van der Waals surface area contributed by atoms with E-state index in [1.165, 1.54) is 6.26 Å². The van der Waals surface area contributed by atoms with Crippen LogP contribution in [-0.2, 0) is 4.79 Å². The van der Waals surface area contributed by atoms with Crippen LogP contribution in [0.1, 0.15) is 31.4 Å². The zero-order chi connectivity index (χ0) is 23.0. The number of amides is 1. The third-order valence-electron chi connectivity index (χ3n) is 5.40. The molecule has 0 spiro atoms. The highest BCUT2D eigenvalue weighted by molar-refractivity contribution is 5.92. The van der Waals surface area contributed by atoms with Crippen LogP contribution < -0.4 is 15.0 Å². The molecule has 1 N–H and O–H groups in total. The quantitative estimate of drug-likeness (QED) is 0.507. The first-order valence-electron chi connectivity index (χ1n) is 10.8. The second-order valence-corrected chi connectivity index (χ2v) is 7.65. The predicted octanol–water partition coefficient (Wildman–Crippen LogP) is 4.34. The van der Waals surface area contributed by atoms with Gasteiger partial charge in [-0.25, -0.2) is 0 Å². The fourth-order valence-electron chi connectivity index (χ4n) is 3.70. The minimum atomic E-state index is -0.153. The lowest BCUT2D eigenvalue weighted by molar-refractivity contribution is -0.120. The summed E-state index contributed by atoms with van der Waals surface area (Å²) in [6.45, 7) is 1.60. The normalized spacial score (nSPS) is 13.8. The van der Waals surface area contributed by atoms with Gasteiger partial charge in [-0.15, -0.1) is 0 Å². The maximum absolute atomic E-state index is 12.8. The number of anilines is 2. The predicted molar refractivity (Wildman–Crippen MR) is 119 cm³/mol. The summed E-state index contributed by atoms with van der Waals surface area (Å²) < 4.78 is 16.7. The average molecular weight is 445 g/mol. The number of hydrogen-bond donors (Lipinski definition) is 1. The van der Waals surface area contributed by atoms with Crippen molar-refractivity contribution < 1.29 is 18.4 Å². The van der Waals surface area contributed by atoms with E-state index in [-0.39, 0.29) is 23.4 Å². The van der Waals surface area contributed by atoms with Gasteiger partial charge in [0.2, 0.25) is 17.5 Å². The first kappa shape index (κ1) is 22.0. The molecule has 1 aromatic carbocycles. The number of unbranched alkanes of at least 4 members (excludes halogenated alkanes) is 1. The minimum Gasteiger partial charge on any atom is -0.493 e. The number of piperidine rings is 1. The molecule has 1 fully saturated rings. The number of nitrogens with zero attached hydrogens (tertiary/aromatic N) is 4.